The maximum absolute atomic E-state index is 11.1. The van der Waals surface area contributed by atoms with Gasteiger partial charge in [-0.2, -0.15) is 0 Å². The van der Waals surface area contributed by atoms with Gasteiger partial charge in [0, 0.05) is 17.1 Å². The molecule has 0 aliphatic heterocycles. The molecule has 0 bridgehead atoms. The Hall–Kier alpha value is -1.08. The number of ether oxygens (including phenoxy) is 1. The number of hydrogen-bond acceptors (Lipinski definition) is 6. The standard InChI is InChI=1S/C24H38O5S/c1-17-9-7-8-11-23(17)30-16-18(25)13-14-20-19(21(26)15-22(20)27)10-5-3-4-6-12-24(28)29-2/h7-9,11,18-22,25-27H,3-6,10,12-16H2,1-2H3/t18?,19?,20-,21?,22?/m1/s1. The zero-order chi connectivity index (χ0) is 21.9. The number of aliphatic hydroxyl groups excluding tert-OH is 3. The number of carbonyl (C=O) groups excluding carboxylic acids is 1. The van der Waals surface area contributed by atoms with E-state index in [2.05, 4.69) is 23.8 Å². The third-order valence-corrected chi connectivity index (χ3v) is 7.60. The van der Waals surface area contributed by atoms with Crippen molar-refractivity contribution in [3.63, 3.8) is 0 Å². The average molecular weight is 439 g/mol. The van der Waals surface area contributed by atoms with Gasteiger partial charge in [-0.25, -0.2) is 0 Å². The molecule has 1 aliphatic carbocycles. The summed E-state index contributed by atoms with van der Waals surface area (Å²) in [6, 6.07) is 8.18. The number of rotatable bonds is 13. The largest absolute Gasteiger partial charge is 0.469 e. The van der Waals surface area contributed by atoms with Crippen molar-refractivity contribution in [2.24, 2.45) is 11.8 Å². The lowest BCUT2D eigenvalue weighted by Gasteiger charge is -2.24. The molecule has 0 amide bonds. The summed E-state index contributed by atoms with van der Waals surface area (Å²) in [5, 5.41) is 31.3. The molecular formula is C24H38O5S. The number of hydrogen-bond donors (Lipinski definition) is 3. The maximum Gasteiger partial charge on any atom is 0.305 e. The third kappa shape index (κ3) is 8.22. The van der Waals surface area contributed by atoms with Gasteiger partial charge in [0.25, 0.3) is 0 Å². The monoisotopic (exact) mass is 438 g/mol. The predicted octanol–water partition coefficient (Wildman–Crippen LogP) is 4.10. The van der Waals surface area contributed by atoms with Crippen LogP contribution in [-0.2, 0) is 9.53 Å². The van der Waals surface area contributed by atoms with Crippen molar-refractivity contribution in [2.75, 3.05) is 12.9 Å². The van der Waals surface area contributed by atoms with Crippen molar-refractivity contribution in [1.82, 2.24) is 0 Å². The van der Waals surface area contributed by atoms with Crippen LogP contribution in [-0.4, -0.2) is 52.5 Å². The Morgan fingerprint density at radius 1 is 1.10 bits per heavy atom. The summed E-state index contributed by atoms with van der Waals surface area (Å²) in [6.45, 7) is 2.07. The van der Waals surface area contributed by atoms with Gasteiger partial charge in [0.05, 0.1) is 25.4 Å². The minimum Gasteiger partial charge on any atom is -0.469 e. The molecule has 0 spiro atoms. The van der Waals surface area contributed by atoms with Gasteiger partial charge >= 0.3 is 5.97 Å². The van der Waals surface area contributed by atoms with E-state index in [0.29, 0.717) is 25.0 Å². The molecule has 5 atom stereocenters. The molecule has 1 saturated carbocycles. The zero-order valence-corrected chi connectivity index (χ0v) is 19.2. The van der Waals surface area contributed by atoms with Gasteiger partial charge in [-0.3, -0.25) is 4.79 Å². The SMILES string of the molecule is COC(=O)CCCCCCC1C(O)CC(O)[C@@H]1CCC(O)CSc1ccccc1C. The number of esters is 1. The molecule has 6 heteroatoms. The number of methoxy groups -OCH3 is 1. The second-order valence-electron chi connectivity index (χ2n) is 8.53. The highest BCUT2D eigenvalue weighted by Crippen LogP contribution is 2.39. The van der Waals surface area contributed by atoms with E-state index < -0.39 is 18.3 Å². The first-order chi connectivity index (χ1) is 14.4. The molecule has 170 valence electrons. The zero-order valence-electron chi connectivity index (χ0n) is 18.3. The molecule has 4 unspecified atom stereocenters. The van der Waals surface area contributed by atoms with E-state index in [1.54, 1.807) is 11.8 Å². The number of carbonyl (C=O) groups is 1. The normalized spacial score (nSPS) is 24.7. The Labute approximate surface area is 185 Å². The first-order valence-corrected chi connectivity index (χ1v) is 12.2. The van der Waals surface area contributed by atoms with Crippen LogP contribution in [0.4, 0.5) is 0 Å². The summed E-state index contributed by atoms with van der Waals surface area (Å²) in [7, 11) is 1.41. The highest BCUT2D eigenvalue weighted by Gasteiger charge is 2.40. The van der Waals surface area contributed by atoms with Crippen LogP contribution in [0.3, 0.4) is 0 Å². The highest BCUT2D eigenvalue weighted by molar-refractivity contribution is 7.99. The Morgan fingerprint density at radius 2 is 1.77 bits per heavy atom. The summed E-state index contributed by atoms with van der Waals surface area (Å²) < 4.78 is 4.65. The minimum absolute atomic E-state index is 0.0492. The average Bonchev–Trinajstić information content (AvgIpc) is 3.00. The third-order valence-electron chi connectivity index (χ3n) is 6.28. The van der Waals surface area contributed by atoms with Crippen LogP contribution in [0, 0.1) is 18.8 Å². The van der Waals surface area contributed by atoms with E-state index in [9.17, 15) is 20.1 Å². The Kier molecular flexibility index (Phi) is 11.2. The smallest absolute Gasteiger partial charge is 0.305 e. The molecular weight excluding hydrogens is 400 g/mol. The highest BCUT2D eigenvalue weighted by atomic mass is 32.2. The van der Waals surface area contributed by atoms with E-state index in [0.717, 1.165) is 38.5 Å². The fourth-order valence-corrected chi connectivity index (χ4v) is 5.47. The molecule has 3 N–H and O–H groups in total. The summed E-state index contributed by atoms with van der Waals surface area (Å²) >= 11 is 1.67. The van der Waals surface area contributed by atoms with E-state index >= 15 is 0 Å². The number of unbranched alkanes of at least 4 members (excludes halogenated alkanes) is 3. The molecule has 0 saturated heterocycles. The van der Waals surface area contributed by atoms with Crippen molar-refractivity contribution in [2.45, 2.75) is 87.9 Å². The summed E-state index contributed by atoms with van der Waals surface area (Å²) in [5.41, 5.74) is 1.22. The van der Waals surface area contributed by atoms with Crippen LogP contribution < -0.4 is 0 Å². The Morgan fingerprint density at radius 3 is 2.47 bits per heavy atom. The molecule has 1 aliphatic rings. The Balaban J connectivity index is 1.70. The first-order valence-electron chi connectivity index (χ1n) is 11.2. The lowest BCUT2D eigenvalue weighted by molar-refractivity contribution is -0.140. The number of benzene rings is 1. The summed E-state index contributed by atoms with van der Waals surface area (Å²) in [6.07, 6.45) is 5.60. The molecule has 5 nitrogen and oxygen atoms in total. The molecule has 1 aromatic rings. The van der Waals surface area contributed by atoms with Gasteiger partial charge in [0.2, 0.25) is 0 Å². The van der Waals surface area contributed by atoms with Crippen LogP contribution in [0.2, 0.25) is 0 Å². The van der Waals surface area contributed by atoms with Crippen LogP contribution in [0.5, 0.6) is 0 Å². The number of aliphatic hydroxyl groups is 3. The number of aryl methyl sites for hydroxylation is 1. The first kappa shape index (κ1) is 25.2. The van der Waals surface area contributed by atoms with E-state index in [1.807, 2.05) is 12.1 Å². The van der Waals surface area contributed by atoms with Crippen LogP contribution in [0.15, 0.2) is 29.2 Å². The quantitative estimate of drug-likeness (QED) is 0.244. The predicted molar refractivity (Wildman–Crippen MR) is 120 cm³/mol. The number of thioether (sulfide) groups is 1. The van der Waals surface area contributed by atoms with Gasteiger partial charge in [0.1, 0.15) is 0 Å². The van der Waals surface area contributed by atoms with Crippen LogP contribution in [0.25, 0.3) is 0 Å². The molecule has 2 rings (SSSR count). The molecule has 0 aromatic heterocycles. The van der Waals surface area contributed by atoms with Gasteiger partial charge < -0.3 is 20.1 Å². The topological polar surface area (TPSA) is 87.0 Å². The van der Waals surface area contributed by atoms with Gasteiger partial charge in [-0.1, -0.05) is 37.5 Å². The lowest BCUT2D eigenvalue weighted by Crippen LogP contribution is -2.24. The van der Waals surface area contributed by atoms with Crippen molar-refractivity contribution in [3.8, 4) is 0 Å². The van der Waals surface area contributed by atoms with Crippen molar-refractivity contribution < 1.29 is 24.9 Å². The fourth-order valence-electron chi connectivity index (χ4n) is 4.46. The van der Waals surface area contributed by atoms with Crippen molar-refractivity contribution in [3.05, 3.63) is 29.8 Å². The van der Waals surface area contributed by atoms with Crippen molar-refractivity contribution in [1.29, 1.82) is 0 Å². The van der Waals surface area contributed by atoms with Crippen molar-refractivity contribution >= 4 is 17.7 Å². The second-order valence-corrected chi connectivity index (χ2v) is 9.60. The van der Waals surface area contributed by atoms with Crippen LogP contribution >= 0.6 is 11.8 Å². The van der Waals surface area contributed by atoms with E-state index in [1.165, 1.54) is 17.6 Å². The van der Waals surface area contributed by atoms with Gasteiger partial charge in [-0.15, -0.1) is 11.8 Å². The summed E-state index contributed by atoms with van der Waals surface area (Å²) in [4.78, 5) is 12.3. The minimum atomic E-state index is -0.486. The van der Waals surface area contributed by atoms with Gasteiger partial charge in [-0.05, 0) is 62.5 Å². The molecule has 0 heterocycles. The molecule has 1 fully saturated rings. The van der Waals surface area contributed by atoms with E-state index in [-0.39, 0.29) is 17.8 Å². The lowest BCUT2D eigenvalue weighted by atomic mass is 9.85. The van der Waals surface area contributed by atoms with E-state index in [4.69, 9.17) is 0 Å². The molecule has 0 radical (unpaired) electrons. The van der Waals surface area contributed by atoms with Crippen LogP contribution in [0.1, 0.15) is 63.4 Å². The fraction of sp³-hybridized carbons (Fsp3) is 0.708. The summed E-state index contributed by atoms with van der Waals surface area (Å²) in [5.74, 6) is 0.620. The van der Waals surface area contributed by atoms with Gasteiger partial charge in [0.15, 0.2) is 0 Å². The maximum atomic E-state index is 11.1. The molecule has 1 aromatic carbocycles. The Bertz CT molecular complexity index is 638. The molecule has 30 heavy (non-hydrogen) atoms. The second kappa shape index (κ2) is 13.4.